The van der Waals surface area contributed by atoms with Crippen LogP contribution in [0.5, 0.6) is 0 Å². The summed E-state index contributed by atoms with van der Waals surface area (Å²) in [6.07, 6.45) is 8.90. The minimum absolute atomic E-state index is 0.325. The predicted octanol–water partition coefficient (Wildman–Crippen LogP) is 3.57. The van der Waals surface area contributed by atoms with E-state index in [0.717, 1.165) is 44.7 Å². The van der Waals surface area contributed by atoms with Gasteiger partial charge in [-0.25, -0.2) is 0 Å². The van der Waals surface area contributed by atoms with E-state index in [1.54, 1.807) is 0 Å². The molecule has 0 bridgehead atoms. The third-order valence-corrected chi connectivity index (χ3v) is 5.59. The van der Waals surface area contributed by atoms with Crippen LogP contribution in [-0.2, 0) is 4.79 Å². The summed E-state index contributed by atoms with van der Waals surface area (Å²) in [5, 5.41) is 0. The lowest BCUT2D eigenvalue weighted by Gasteiger charge is -2.30. The number of rotatable bonds is 2. The molecular weight excluding hydrogens is 260 g/mol. The van der Waals surface area contributed by atoms with Gasteiger partial charge in [-0.05, 0) is 55.8 Å². The highest BCUT2D eigenvalue weighted by Crippen LogP contribution is 2.34. The molecule has 0 aromatic carbocycles. The first-order chi connectivity index (χ1) is 9.86. The van der Waals surface area contributed by atoms with Gasteiger partial charge in [0.1, 0.15) is 0 Å². The summed E-state index contributed by atoms with van der Waals surface area (Å²) in [5.74, 6) is 1.66. The normalized spacial score (nSPS) is 31.8. The summed E-state index contributed by atoms with van der Waals surface area (Å²) in [6.45, 7) is 8.92. The second kappa shape index (κ2) is 7.13. The van der Waals surface area contributed by atoms with E-state index < -0.39 is 0 Å². The van der Waals surface area contributed by atoms with E-state index in [1.807, 2.05) is 0 Å². The molecule has 1 heterocycles. The Morgan fingerprint density at radius 3 is 2.52 bits per heavy atom. The summed E-state index contributed by atoms with van der Waals surface area (Å²) in [5.41, 5.74) is 6.42. The van der Waals surface area contributed by atoms with Crippen molar-refractivity contribution in [1.29, 1.82) is 0 Å². The molecule has 0 aromatic rings. The van der Waals surface area contributed by atoms with Crippen molar-refractivity contribution in [2.45, 2.75) is 78.2 Å². The van der Waals surface area contributed by atoms with Gasteiger partial charge in [0.15, 0.2) is 0 Å². The summed E-state index contributed by atoms with van der Waals surface area (Å²) in [4.78, 5) is 14.7. The number of carbonyl (C=O) groups excluding carboxylic acids is 1. The molecule has 2 fully saturated rings. The lowest BCUT2D eigenvalue weighted by Crippen LogP contribution is -2.36. The van der Waals surface area contributed by atoms with Gasteiger partial charge in [-0.2, -0.15) is 0 Å². The smallest absolute Gasteiger partial charge is 0.222 e. The SMILES string of the molecule is CC(C)(C)C1CCCN(C(=O)CC2CCCC(N)C2)CC1. The molecule has 1 saturated carbocycles. The maximum atomic E-state index is 12.6. The standard InChI is InChI=1S/C18H34N2O/c1-18(2,3)15-7-5-10-20(11-9-15)17(21)13-14-6-4-8-16(19)12-14/h14-16H,4-13,19H2,1-3H3. The minimum atomic E-state index is 0.325. The van der Waals surface area contributed by atoms with Crippen LogP contribution in [0.25, 0.3) is 0 Å². The Balaban J connectivity index is 1.83. The number of amides is 1. The van der Waals surface area contributed by atoms with Crippen molar-refractivity contribution >= 4 is 5.91 Å². The molecule has 2 aliphatic rings. The minimum Gasteiger partial charge on any atom is -0.343 e. The van der Waals surface area contributed by atoms with Gasteiger partial charge in [0.25, 0.3) is 0 Å². The first kappa shape index (κ1) is 16.8. The third kappa shape index (κ3) is 4.98. The molecule has 3 unspecified atom stereocenters. The van der Waals surface area contributed by atoms with Crippen molar-refractivity contribution in [2.75, 3.05) is 13.1 Å². The van der Waals surface area contributed by atoms with Crippen LogP contribution >= 0.6 is 0 Å². The average Bonchev–Trinajstić information content (AvgIpc) is 2.63. The fourth-order valence-electron chi connectivity index (χ4n) is 4.11. The van der Waals surface area contributed by atoms with Crippen molar-refractivity contribution in [1.82, 2.24) is 4.90 Å². The van der Waals surface area contributed by atoms with E-state index in [0.29, 0.717) is 23.3 Å². The van der Waals surface area contributed by atoms with E-state index in [9.17, 15) is 4.79 Å². The first-order valence-electron chi connectivity index (χ1n) is 8.89. The summed E-state index contributed by atoms with van der Waals surface area (Å²) >= 11 is 0. The molecule has 0 radical (unpaired) electrons. The van der Waals surface area contributed by atoms with Crippen molar-refractivity contribution in [2.24, 2.45) is 23.0 Å². The van der Waals surface area contributed by atoms with Crippen LogP contribution in [0, 0.1) is 17.3 Å². The highest BCUT2D eigenvalue weighted by molar-refractivity contribution is 5.76. The molecule has 3 nitrogen and oxygen atoms in total. The number of carbonyl (C=O) groups is 1. The van der Waals surface area contributed by atoms with E-state index in [-0.39, 0.29) is 0 Å². The topological polar surface area (TPSA) is 46.3 Å². The van der Waals surface area contributed by atoms with E-state index in [1.165, 1.54) is 25.7 Å². The Morgan fingerprint density at radius 1 is 1.10 bits per heavy atom. The van der Waals surface area contributed by atoms with Crippen molar-refractivity contribution in [3.63, 3.8) is 0 Å². The monoisotopic (exact) mass is 294 g/mol. The summed E-state index contributed by atoms with van der Waals surface area (Å²) in [7, 11) is 0. The predicted molar refractivity (Wildman–Crippen MR) is 87.9 cm³/mol. The van der Waals surface area contributed by atoms with Gasteiger partial charge in [-0.3, -0.25) is 4.79 Å². The maximum Gasteiger partial charge on any atom is 0.222 e. The van der Waals surface area contributed by atoms with Crippen LogP contribution in [0.1, 0.15) is 72.1 Å². The van der Waals surface area contributed by atoms with Gasteiger partial charge in [0.2, 0.25) is 5.91 Å². The van der Waals surface area contributed by atoms with Crippen LogP contribution in [0.2, 0.25) is 0 Å². The quantitative estimate of drug-likeness (QED) is 0.846. The molecule has 2 N–H and O–H groups in total. The van der Waals surface area contributed by atoms with Crippen LogP contribution in [0.3, 0.4) is 0 Å². The molecule has 3 atom stereocenters. The first-order valence-corrected chi connectivity index (χ1v) is 8.89. The molecule has 0 spiro atoms. The molecule has 1 amide bonds. The van der Waals surface area contributed by atoms with Crippen molar-refractivity contribution in [3.05, 3.63) is 0 Å². The highest BCUT2D eigenvalue weighted by atomic mass is 16.2. The molecular formula is C18H34N2O. The fourth-order valence-corrected chi connectivity index (χ4v) is 4.11. The van der Waals surface area contributed by atoms with Gasteiger partial charge >= 0.3 is 0 Å². The lowest BCUT2D eigenvalue weighted by molar-refractivity contribution is -0.132. The van der Waals surface area contributed by atoms with Gasteiger partial charge in [0, 0.05) is 25.6 Å². The Bertz CT molecular complexity index is 348. The van der Waals surface area contributed by atoms with Crippen LogP contribution in [0.4, 0.5) is 0 Å². The van der Waals surface area contributed by atoms with Crippen molar-refractivity contribution < 1.29 is 4.79 Å². The van der Waals surface area contributed by atoms with E-state index >= 15 is 0 Å². The number of hydrogen-bond acceptors (Lipinski definition) is 2. The number of nitrogens with two attached hydrogens (primary N) is 1. The zero-order valence-corrected chi connectivity index (χ0v) is 14.2. The summed E-state index contributed by atoms with van der Waals surface area (Å²) < 4.78 is 0. The van der Waals surface area contributed by atoms with E-state index in [2.05, 4.69) is 25.7 Å². The molecule has 2 rings (SSSR count). The molecule has 1 saturated heterocycles. The lowest BCUT2D eigenvalue weighted by atomic mass is 9.77. The second-order valence-corrected chi connectivity index (χ2v) is 8.37. The largest absolute Gasteiger partial charge is 0.343 e. The molecule has 1 aliphatic carbocycles. The zero-order chi connectivity index (χ0) is 15.5. The zero-order valence-electron chi connectivity index (χ0n) is 14.2. The number of hydrogen-bond donors (Lipinski definition) is 1. The molecule has 0 aromatic heterocycles. The summed E-state index contributed by atoms with van der Waals surface area (Å²) in [6, 6.07) is 0.325. The van der Waals surface area contributed by atoms with Crippen LogP contribution in [-0.4, -0.2) is 29.9 Å². The number of likely N-dealkylation sites (tertiary alicyclic amines) is 1. The van der Waals surface area contributed by atoms with Gasteiger partial charge in [-0.1, -0.05) is 27.2 Å². The average molecular weight is 294 g/mol. The van der Waals surface area contributed by atoms with Crippen molar-refractivity contribution in [3.8, 4) is 0 Å². The van der Waals surface area contributed by atoms with Gasteiger partial charge < -0.3 is 10.6 Å². The maximum absolute atomic E-state index is 12.6. The Kier molecular flexibility index (Phi) is 5.70. The molecule has 1 aliphatic heterocycles. The molecule has 21 heavy (non-hydrogen) atoms. The van der Waals surface area contributed by atoms with Gasteiger partial charge in [0.05, 0.1) is 0 Å². The fraction of sp³-hybridized carbons (Fsp3) is 0.944. The van der Waals surface area contributed by atoms with Crippen LogP contribution < -0.4 is 5.73 Å². The Labute approximate surface area is 130 Å². The molecule has 3 heteroatoms. The Morgan fingerprint density at radius 2 is 1.86 bits per heavy atom. The van der Waals surface area contributed by atoms with E-state index in [4.69, 9.17) is 5.73 Å². The Hall–Kier alpha value is -0.570. The highest BCUT2D eigenvalue weighted by Gasteiger charge is 2.29. The number of nitrogens with zero attached hydrogens (tertiary/aromatic N) is 1. The molecule has 122 valence electrons. The third-order valence-electron chi connectivity index (χ3n) is 5.59. The van der Waals surface area contributed by atoms with Crippen LogP contribution in [0.15, 0.2) is 0 Å². The second-order valence-electron chi connectivity index (χ2n) is 8.37. The van der Waals surface area contributed by atoms with Gasteiger partial charge in [-0.15, -0.1) is 0 Å².